The van der Waals surface area contributed by atoms with Crippen molar-refractivity contribution in [2.45, 2.75) is 37.8 Å². The first-order chi connectivity index (χ1) is 13.2. The van der Waals surface area contributed by atoms with Gasteiger partial charge in [0.25, 0.3) is 0 Å². The molecule has 27 heavy (non-hydrogen) atoms. The molecule has 2 N–H and O–H groups in total. The van der Waals surface area contributed by atoms with Crippen LogP contribution in [0.1, 0.15) is 25.7 Å². The first-order valence-electron chi connectivity index (χ1n) is 10.1. The van der Waals surface area contributed by atoms with Gasteiger partial charge in [0, 0.05) is 57.0 Å². The van der Waals surface area contributed by atoms with Gasteiger partial charge < -0.3 is 25.3 Å². The lowest BCUT2D eigenvalue weighted by Gasteiger charge is -2.38. The molecular formula is C20H29N5O2. The van der Waals surface area contributed by atoms with E-state index in [0.29, 0.717) is 0 Å². The highest BCUT2D eigenvalue weighted by Crippen LogP contribution is 2.21. The third-order valence-electron chi connectivity index (χ3n) is 6.03. The molecule has 4 amide bonds. The summed E-state index contributed by atoms with van der Waals surface area (Å²) >= 11 is 0. The number of amides is 4. The van der Waals surface area contributed by atoms with Gasteiger partial charge in [-0.2, -0.15) is 0 Å². The monoisotopic (exact) mass is 371 g/mol. The van der Waals surface area contributed by atoms with Gasteiger partial charge in [0.05, 0.1) is 0 Å². The average molecular weight is 371 g/mol. The average Bonchev–Trinajstić information content (AvgIpc) is 3.15. The van der Waals surface area contributed by atoms with Crippen LogP contribution < -0.4 is 15.5 Å². The summed E-state index contributed by atoms with van der Waals surface area (Å²) in [5.41, 5.74) is 1.26. The third kappa shape index (κ3) is 4.12. The van der Waals surface area contributed by atoms with Gasteiger partial charge in [0.2, 0.25) is 0 Å². The van der Waals surface area contributed by atoms with Crippen molar-refractivity contribution in [2.75, 3.05) is 44.2 Å². The number of para-hydroxylation sites is 1. The Bertz CT molecular complexity index is 652. The summed E-state index contributed by atoms with van der Waals surface area (Å²) in [6.45, 7) is 4.92. The largest absolute Gasteiger partial charge is 0.371 e. The van der Waals surface area contributed by atoms with Crippen molar-refractivity contribution >= 4 is 17.7 Å². The highest BCUT2D eigenvalue weighted by molar-refractivity contribution is 5.77. The molecule has 7 heteroatoms. The van der Waals surface area contributed by atoms with Crippen LogP contribution in [0.2, 0.25) is 0 Å². The maximum Gasteiger partial charge on any atom is 0.317 e. The molecule has 7 nitrogen and oxygen atoms in total. The van der Waals surface area contributed by atoms with Crippen LogP contribution in [0.4, 0.5) is 15.3 Å². The first-order valence-corrected chi connectivity index (χ1v) is 10.1. The lowest BCUT2D eigenvalue weighted by atomic mass is 10.0. The minimum atomic E-state index is 0.0445. The number of benzene rings is 1. The molecule has 3 heterocycles. The van der Waals surface area contributed by atoms with E-state index in [1.165, 1.54) is 5.69 Å². The summed E-state index contributed by atoms with van der Waals surface area (Å²) in [6, 6.07) is 11.1. The number of likely N-dealkylation sites (tertiary alicyclic amines) is 1. The van der Waals surface area contributed by atoms with Crippen molar-refractivity contribution in [1.82, 2.24) is 20.4 Å². The molecular weight excluding hydrogens is 342 g/mol. The molecule has 4 rings (SSSR count). The van der Waals surface area contributed by atoms with Gasteiger partial charge in [-0.25, -0.2) is 9.59 Å². The molecule has 0 radical (unpaired) electrons. The fourth-order valence-corrected chi connectivity index (χ4v) is 4.40. The molecule has 0 spiro atoms. The SMILES string of the molecule is O=C(NC1CCN(c2ccccc2)CC1)N1CCC(N2CCNC2=O)CC1. The summed E-state index contributed by atoms with van der Waals surface area (Å²) < 4.78 is 0. The van der Waals surface area contributed by atoms with E-state index in [4.69, 9.17) is 0 Å². The second kappa shape index (κ2) is 8.06. The van der Waals surface area contributed by atoms with Crippen molar-refractivity contribution in [2.24, 2.45) is 0 Å². The van der Waals surface area contributed by atoms with E-state index < -0.39 is 0 Å². The number of rotatable bonds is 3. The van der Waals surface area contributed by atoms with Crippen LogP contribution in [0, 0.1) is 0 Å². The Morgan fingerprint density at radius 3 is 2.30 bits per heavy atom. The van der Waals surface area contributed by atoms with Gasteiger partial charge >= 0.3 is 12.1 Å². The van der Waals surface area contributed by atoms with Crippen molar-refractivity contribution in [3.05, 3.63) is 30.3 Å². The number of carbonyl (C=O) groups is 2. The van der Waals surface area contributed by atoms with Crippen LogP contribution in [0.3, 0.4) is 0 Å². The highest BCUT2D eigenvalue weighted by Gasteiger charge is 2.32. The van der Waals surface area contributed by atoms with E-state index in [1.807, 2.05) is 15.9 Å². The topological polar surface area (TPSA) is 67.9 Å². The maximum atomic E-state index is 12.6. The molecule has 0 aromatic heterocycles. The van der Waals surface area contributed by atoms with Gasteiger partial charge in [-0.05, 0) is 37.8 Å². The number of nitrogens with one attached hydrogen (secondary N) is 2. The number of anilines is 1. The fraction of sp³-hybridized carbons (Fsp3) is 0.600. The number of piperidine rings is 2. The molecule has 146 valence electrons. The molecule has 0 aliphatic carbocycles. The zero-order chi connectivity index (χ0) is 18.6. The van der Waals surface area contributed by atoms with Crippen LogP contribution in [0.25, 0.3) is 0 Å². The summed E-state index contributed by atoms with van der Waals surface area (Å²) in [5.74, 6) is 0. The molecule has 0 unspecified atom stereocenters. The summed E-state index contributed by atoms with van der Waals surface area (Å²) in [7, 11) is 0. The summed E-state index contributed by atoms with van der Waals surface area (Å²) in [4.78, 5) is 30.6. The quantitative estimate of drug-likeness (QED) is 0.852. The molecule has 0 saturated carbocycles. The number of hydrogen-bond acceptors (Lipinski definition) is 3. The molecule has 0 bridgehead atoms. The van der Waals surface area contributed by atoms with Gasteiger partial charge in [0.15, 0.2) is 0 Å². The standard InChI is InChI=1S/C20H29N5O2/c26-19-21-10-15-25(19)18-8-13-24(14-9-18)20(27)22-16-6-11-23(12-7-16)17-4-2-1-3-5-17/h1-5,16,18H,6-15H2,(H,21,26)(H,22,27). The van der Waals surface area contributed by atoms with E-state index in [1.54, 1.807) is 0 Å². The minimum absolute atomic E-state index is 0.0445. The zero-order valence-electron chi connectivity index (χ0n) is 15.8. The molecule has 1 aromatic rings. The molecule has 1 aromatic carbocycles. The number of carbonyl (C=O) groups excluding carboxylic acids is 2. The molecule has 3 aliphatic heterocycles. The van der Waals surface area contributed by atoms with Crippen LogP contribution >= 0.6 is 0 Å². The zero-order valence-corrected chi connectivity index (χ0v) is 15.8. The van der Waals surface area contributed by atoms with E-state index in [0.717, 1.165) is 65.0 Å². The Morgan fingerprint density at radius 2 is 1.67 bits per heavy atom. The number of hydrogen-bond donors (Lipinski definition) is 2. The van der Waals surface area contributed by atoms with Crippen LogP contribution in [0.5, 0.6) is 0 Å². The lowest BCUT2D eigenvalue weighted by Crippen LogP contribution is -2.53. The highest BCUT2D eigenvalue weighted by atomic mass is 16.2. The Balaban J connectivity index is 1.21. The second-order valence-corrected chi connectivity index (χ2v) is 7.69. The second-order valence-electron chi connectivity index (χ2n) is 7.69. The van der Waals surface area contributed by atoms with Crippen LogP contribution in [-0.4, -0.2) is 73.2 Å². The van der Waals surface area contributed by atoms with E-state index in [2.05, 4.69) is 39.8 Å². The Kier molecular flexibility index (Phi) is 5.36. The molecule has 3 saturated heterocycles. The Morgan fingerprint density at radius 1 is 0.963 bits per heavy atom. The van der Waals surface area contributed by atoms with Crippen molar-refractivity contribution in [3.63, 3.8) is 0 Å². The molecule has 3 fully saturated rings. The van der Waals surface area contributed by atoms with Crippen LogP contribution in [0.15, 0.2) is 30.3 Å². The fourth-order valence-electron chi connectivity index (χ4n) is 4.40. The van der Waals surface area contributed by atoms with E-state index in [9.17, 15) is 9.59 Å². The number of urea groups is 2. The lowest BCUT2D eigenvalue weighted by molar-refractivity contribution is 0.138. The Labute approximate surface area is 160 Å². The van der Waals surface area contributed by atoms with E-state index >= 15 is 0 Å². The number of nitrogens with zero attached hydrogens (tertiary/aromatic N) is 3. The third-order valence-corrected chi connectivity index (χ3v) is 6.03. The maximum absolute atomic E-state index is 12.6. The van der Waals surface area contributed by atoms with Gasteiger partial charge in [-0.15, -0.1) is 0 Å². The summed E-state index contributed by atoms with van der Waals surface area (Å²) in [5, 5.41) is 6.08. The van der Waals surface area contributed by atoms with E-state index in [-0.39, 0.29) is 24.1 Å². The molecule has 3 aliphatic rings. The minimum Gasteiger partial charge on any atom is -0.371 e. The normalized spacial score (nSPS) is 22.1. The van der Waals surface area contributed by atoms with Gasteiger partial charge in [-0.1, -0.05) is 18.2 Å². The van der Waals surface area contributed by atoms with Crippen molar-refractivity contribution in [1.29, 1.82) is 0 Å². The van der Waals surface area contributed by atoms with Crippen LogP contribution in [-0.2, 0) is 0 Å². The summed E-state index contributed by atoms with van der Waals surface area (Å²) in [6.07, 6.45) is 3.69. The Hall–Kier alpha value is -2.44. The smallest absolute Gasteiger partial charge is 0.317 e. The first kappa shape index (κ1) is 17.9. The van der Waals surface area contributed by atoms with Crippen molar-refractivity contribution in [3.8, 4) is 0 Å². The predicted molar refractivity (Wildman–Crippen MR) is 105 cm³/mol. The molecule has 0 atom stereocenters. The van der Waals surface area contributed by atoms with Crippen molar-refractivity contribution < 1.29 is 9.59 Å². The van der Waals surface area contributed by atoms with Gasteiger partial charge in [-0.3, -0.25) is 0 Å². The van der Waals surface area contributed by atoms with Gasteiger partial charge in [0.1, 0.15) is 0 Å². The predicted octanol–water partition coefficient (Wildman–Crippen LogP) is 1.85.